The summed E-state index contributed by atoms with van der Waals surface area (Å²) in [7, 11) is 0. The minimum atomic E-state index is -0.779. The maximum Gasteiger partial charge on any atom is 0.225 e. The van der Waals surface area contributed by atoms with Gasteiger partial charge in [-0.2, -0.15) is 0 Å². The molecular formula is C20H16F2N2O2. The average molecular weight is 354 g/mol. The number of H-pyrrole nitrogens is 1. The van der Waals surface area contributed by atoms with Crippen LogP contribution in [0.15, 0.2) is 48.7 Å². The van der Waals surface area contributed by atoms with Gasteiger partial charge in [-0.3, -0.25) is 4.79 Å². The van der Waals surface area contributed by atoms with Crippen LogP contribution in [0.3, 0.4) is 0 Å². The molecule has 0 atom stereocenters. The van der Waals surface area contributed by atoms with Crippen LogP contribution >= 0.6 is 0 Å². The molecule has 0 saturated carbocycles. The van der Waals surface area contributed by atoms with Gasteiger partial charge < -0.3 is 15.0 Å². The summed E-state index contributed by atoms with van der Waals surface area (Å²) in [5.74, 6) is 3.73. The topological polar surface area (TPSA) is 54.1 Å². The zero-order valence-corrected chi connectivity index (χ0v) is 13.8. The number of rotatable bonds is 5. The van der Waals surface area contributed by atoms with E-state index in [2.05, 4.69) is 22.1 Å². The van der Waals surface area contributed by atoms with E-state index in [9.17, 15) is 13.6 Å². The largest absolute Gasteiger partial charge is 0.478 e. The molecule has 3 rings (SSSR count). The predicted molar refractivity (Wildman–Crippen MR) is 94.6 cm³/mol. The summed E-state index contributed by atoms with van der Waals surface area (Å²) >= 11 is 0. The third-order valence-electron chi connectivity index (χ3n) is 3.72. The summed E-state index contributed by atoms with van der Waals surface area (Å²) < 4.78 is 31.2. The van der Waals surface area contributed by atoms with Crippen molar-refractivity contribution in [3.8, 4) is 17.6 Å². The van der Waals surface area contributed by atoms with E-state index in [0.29, 0.717) is 0 Å². The lowest BCUT2D eigenvalue weighted by Crippen LogP contribution is -2.25. The second-order valence-electron chi connectivity index (χ2n) is 5.53. The molecule has 6 heteroatoms. The maximum atomic E-state index is 13.4. The number of fused-ring (bicyclic) bond motifs is 1. The maximum absolute atomic E-state index is 13.4. The fraction of sp³-hybridized carbons (Fsp3) is 0.150. The molecule has 0 bridgehead atoms. The van der Waals surface area contributed by atoms with Crippen molar-refractivity contribution in [2.45, 2.75) is 6.42 Å². The van der Waals surface area contributed by atoms with Crippen molar-refractivity contribution in [3.63, 3.8) is 0 Å². The van der Waals surface area contributed by atoms with Crippen molar-refractivity contribution in [2.24, 2.45) is 0 Å². The van der Waals surface area contributed by atoms with Crippen LogP contribution < -0.4 is 10.1 Å². The minimum Gasteiger partial charge on any atom is -0.478 e. The highest BCUT2D eigenvalue weighted by Crippen LogP contribution is 2.18. The Balaban J connectivity index is 1.43. The van der Waals surface area contributed by atoms with Crippen molar-refractivity contribution in [3.05, 3.63) is 65.9 Å². The Labute approximate surface area is 149 Å². The average Bonchev–Trinajstić information content (AvgIpc) is 3.02. The van der Waals surface area contributed by atoms with E-state index < -0.39 is 11.6 Å². The molecule has 4 nitrogen and oxygen atoms in total. The molecule has 2 aromatic carbocycles. The lowest BCUT2D eigenvalue weighted by Gasteiger charge is -2.03. The van der Waals surface area contributed by atoms with Gasteiger partial charge in [-0.25, -0.2) is 8.78 Å². The summed E-state index contributed by atoms with van der Waals surface area (Å²) in [4.78, 5) is 15.1. The first-order valence-electron chi connectivity index (χ1n) is 7.99. The number of ether oxygens (including phenoxy) is 1. The molecule has 0 aliphatic rings. The van der Waals surface area contributed by atoms with Gasteiger partial charge in [0.15, 0.2) is 11.6 Å². The Morgan fingerprint density at radius 2 is 2.00 bits per heavy atom. The van der Waals surface area contributed by atoms with Crippen LogP contribution in [0, 0.1) is 23.5 Å². The van der Waals surface area contributed by atoms with Crippen molar-refractivity contribution < 1.29 is 18.3 Å². The van der Waals surface area contributed by atoms with Crippen LogP contribution in [-0.4, -0.2) is 24.0 Å². The number of amides is 1. The van der Waals surface area contributed by atoms with Crippen molar-refractivity contribution in [1.29, 1.82) is 0 Å². The van der Waals surface area contributed by atoms with Gasteiger partial charge in [0, 0.05) is 23.2 Å². The van der Waals surface area contributed by atoms with Gasteiger partial charge >= 0.3 is 0 Å². The van der Waals surface area contributed by atoms with Gasteiger partial charge in [0.25, 0.3) is 0 Å². The molecule has 1 heterocycles. The third kappa shape index (κ3) is 4.39. The highest BCUT2D eigenvalue weighted by atomic mass is 19.1. The molecule has 0 saturated heterocycles. The Hall–Kier alpha value is -3.33. The van der Waals surface area contributed by atoms with E-state index in [0.717, 1.165) is 28.6 Å². The summed E-state index contributed by atoms with van der Waals surface area (Å²) in [5, 5.41) is 3.71. The molecule has 2 N–H and O–H groups in total. The van der Waals surface area contributed by atoms with E-state index in [-0.39, 0.29) is 31.2 Å². The molecule has 132 valence electrons. The molecule has 1 amide bonds. The van der Waals surface area contributed by atoms with E-state index in [1.54, 1.807) is 0 Å². The predicted octanol–water partition coefficient (Wildman–Crippen LogP) is 3.19. The van der Waals surface area contributed by atoms with E-state index >= 15 is 0 Å². The fourth-order valence-electron chi connectivity index (χ4n) is 2.48. The van der Waals surface area contributed by atoms with E-state index in [1.807, 2.05) is 30.5 Å². The lowest BCUT2D eigenvalue weighted by atomic mass is 10.1. The molecular weight excluding hydrogens is 338 g/mol. The summed E-state index contributed by atoms with van der Waals surface area (Å²) in [6, 6.07) is 10.8. The highest BCUT2D eigenvalue weighted by molar-refractivity contribution is 5.88. The Bertz CT molecular complexity index is 986. The van der Waals surface area contributed by atoms with Crippen molar-refractivity contribution >= 4 is 16.8 Å². The van der Waals surface area contributed by atoms with Gasteiger partial charge in [0.2, 0.25) is 5.91 Å². The van der Waals surface area contributed by atoms with Gasteiger partial charge in [-0.15, -0.1) is 0 Å². The smallest absolute Gasteiger partial charge is 0.225 e. The molecule has 0 radical (unpaired) electrons. The number of hydrogen-bond donors (Lipinski definition) is 2. The minimum absolute atomic E-state index is 0.0547. The number of nitrogens with one attached hydrogen (secondary N) is 2. The molecule has 0 spiro atoms. The lowest BCUT2D eigenvalue weighted by molar-refractivity contribution is -0.120. The molecule has 1 aromatic heterocycles. The van der Waals surface area contributed by atoms with Crippen LogP contribution in [0.2, 0.25) is 0 Å². The number of aromatic nitrogens is 1. The highest BCUT2D eigenvalue weighted by Gasteiger charge is 2.07. The van der Waals surface area contributed by atoms with Crippen LogP contribution in [0.5, 0.6) is 5.75 Å². The first-order chi connectivity index (χ1) is 12.6. The third-order valence-corrected chi connectivity index (χ3v) is 3.72. The van der Waals surface area contributed by atoms with Crippen LogP contribution in [0.4, 0.5) is 8.78 Å². The second kappa shape index (κ2) is 8.17. The van der Waals surface area contributed by atoms with Crippen LogP contribution in [0.1, 0.15) is 5.56 Å². The number of para-hydroxylation sites is 1. The number of benzene rings is 2. The normalized spacial score (nSPS) is 10.2. The monoisotopic (exact) mass is 354 g/mol. The molecule has 3 aromatic rings. The van der Waals surface area contributed by atoms with Gasteiger partial charge in [-0.1, -0.05) is 30.0 Å². The zero-order valence-electron chi connectivity index (χ0n) is 13.8. The Morgan fingerprint density at radius 1 is 1.15 bits per heavy atom. The number of halogens is 2. The van der Waals surface area contributed by atoms with Gasteiger partial charge in [0.1, 0.15) is 12.4 Å². The molecule has 0 aliphatic heterocycles. The van der Waals surface area contributed by atoms with Crippen molar-refractivity contribution in [1.82, 2.24) is 10.3 Å². The quantitative estimate of drug-likeness (QED) is 0.692. The molecule has 26 heavy (non-hydrogen) atoms. The standard InChI is InChI=1S/C20H16F2N2O2/c21-15-7-8-19(17(22)12-15)26-10-4-3-9-23-20(25)11-14-13-24-18-6-2-1-5-16(14)18/h1-2,5-8,12-13,24H,9-11H2,(H,23,25). The van der Waals surface area contributed by atoms with Crippen molar-refractivity contribution in [2.75, 3.05) is 13.2 Å². The van der Waals surface area contributed by atoms with Gasteiger partial charge in [0.05, 0.1) is 13.0 Å². The van der Waals surface area contributed by atoms with Crippen LogP contribution in [0.25, 0.3) is 10.9 Å². The SMILES string of the molecule is O=C(Cc1c[nH]c2ccccc12)NCC#CCOc1ccc(F)cc1F. The second-order valence-corrected chi connectivity index (χ2v) is 5.53. The molecule has 0 unspecified atom stereocenters. The first kappa shape index (κ1) is 17.5. The number of aromatic amines is 1. The van der Waals surface area contributed by atoms with Crippen LogP contribution in [-0.2, 0) is 11.2 Å². The first-order valence-corrected chi connectivity index (χ1v) is 7.99. The zero-order chi connectivity index (χ0) is 18.4. The number of carbonyl (C=O) groups excluding carboxylic acids is 1. The Morgan fingerprint density at radius 3 is 2.85 bits per heavy atom. The Kier molecular flexibility index (Phi) is 5.49. The van der Waals surface area contributed by atoms with Gasteiger partial charge in [-0.05, 0) is 23.8 Å². The summed E-state index contributed by atoms with van der Waals surface area (Å²) in [5.41, 5.74) is 1.90. The fourth-order valence-corrected chi connectivity index (χ4v) is 2.48. The number of hydrogen-bond acceptors (Lipinski definition) is 2. The summed E-state index contributed by atoms with van der Waals surface area (Å²) in [6.07, 6.45) is 2.07. The summed E-state index contributed by atoms with van der Waals surface area (Å²) in [6.45, 7) is 0.108. The molecule has 0 aliphatic carbocycles. The van der Waals surface area contributed by atoms with E-state index in [1.165, 1.54) is 6.07 Å². The van der Waals surface area contributed by atoms with E-state index in [4.69, 9.17) is 4.74 Å². The number of carbonyl (C=O) groups is 1. The molecule has 0 fully saturated rings.